The third-order valence-electron chi connectivity index (χ3n) is 4.46. The van der Waals surface area contributed by atoms with E-state index < -0.39 is 41.2 Å². The van der Waals surface area contributed by atoms with Crippen molar-refractivity contribution < 1.29 is 40.6 Å². The zero-order valence-electron chi connectivity index (χ0n) is 17.9. The predicted octanol–water partition coefficient (Wildman–Crippen LogP) is 4.49. The Balaban J connectivity index is 0.000000246. The predicted molar refractivity (Wildman–Crippen MR) is 111 cm³/mol. The molecule has 2 N–H and O–H groups in total. The summed E-state index contributed by atoms with van der Waals surface area (Å²) < 4.78 is 83.4. The van der Waals surface area contributed by atoms with Gasteiger partial charge in [0, 0.05) is 33.0 Å². The number of hydrogen-bond acceptors (Lipinski definition) is 4. The van der Waals surface area contributed by atoms with Crippen LogP contribution in [0.4, 0.5) is 26.3 Å². The molecule has 6 nitrogen and oxygen atoms in total. The van der Waals surface area contributed by atoms with Crippen LogP contribution in [0.2, 0.25) is 0 Å². The van der Waals surface area contributed by atoms with Crippen molar-refractivity contribution in [3.8, 4) is 0 Å². The Labute approximate surface area is 189 Å². The number of carbonyl (C=O) groups excluding carboxylic acids is 1. The lowest BCUT2D eigenvalue weighted by atomic mass is 10.1. The van der Waals surface area contributed by atoms with Gasteiger partial charge in [-0.2, -0.15) is 26.3 Å². The number of nitrogens with one attached hydrogen (secondary N) is 2. The Morgan fingerprint density at radius 3 is 1.97 bits per heavy atom. The summed E-state index contributed by atoms with van der Waals surface area (Å²) in [6.07, 6.45) is -8.39. The molecule has 0 spiro atoms. The molecule has 3 aromatic rings. The molecule has 1 heterocycles. The summed E-state index contributed by atoms with van der Waals surface area (Å²) in [6.45, 7) is 0.0974. The molecule has 0 bridgehead atoms. The largest absolute Gasteiger partial charge is 0.416 e. The Bertz CT molecular complexity index is 1150. The summed E-state index contributed by atoms with van der Waals surface area (Å²) in [5, 5.41) is 3.35. The summed E-state index contributed by atoms with van der Waals surface area (Å²) in [5.41, 5.74) is -1.34. The van der Waals surface area contributed by atoms with Crippen molar-refractivity contribution >= 4 is 16.7 Å². The molecule has 184 valence electrons. The molecular formula is C22H20F6N2O4. The van der Waals surface area contributed by atoms with Gasteiger partial charge in [0.25, 0.3) is 5.91 Å². The number of benzene rings is 2. The minimum absolute atomic E-state index is 0.0974. The minimum atomic E-state index is -4.38. The summed E-state index contributed by atoms with van der Waals surface area (Å²) in [7, 11) is 2.62. The van der Waals surface area contributed by atoms with Crippen LogP contribution in [0.1, 0.15) is 16.7 Å². The average molecular weight is 490 g/mol. The molecule has 0 aliphatic rings. The summed E-state index contributed by atoms with van der Waals surface area (Å²) in [6, 6.07) is 8.95. The molecule has 1 aromatic heterocycles. The van der Waals surface area contributed by atoms with Crippen molar-refractivity contribution in [2.24, 2.45) is 0 Å². The number of hydrogen-bond donors (Lipinski definition) is 2. The summed E-state index contributed by atoms with van der Waals surface area (Å²) >= 11 is 0. The second-order valence-corrected chi connectivity index (χ2v) is 6.85. The topological polar surface area (TPSA) is 80.4 Å². The van der Waals surface area contributed by atoms with Gasteiger partial charge in [-0.1, -0.05) is 18.2 Å². The maximum Gasteiger partial charge on any atom is 0.416 e. The molecule has 34 heavy (non-hydrogen) atoms. The van der Waals surface area contributed by atoms with Crippen LogP contribution < -0.4 is 10.9 Å². The van der Waals surface area contributed by atoms with E-state index in [1.807, 2.05) is 0 Å². The molecule has 0 radical (unpaired) electrons. The molecule has 0 atom stereocenters. The van der Waals surface area contributed by atoms with E-state index in [2.05, 4.69) is 10.3 Å². The molecule has 1 amide bonds. The van der Waals surface area contributed by atoms with E-state index in [4.69, 9.17) is 9.47 Å². The van der Waals surface area contributed by atoms with Crippen LogP contribution in [0.15, 0.2) is 59.5 Å². The van der Waals surface area contributed by atoms with Crippen LogP contribution in [0.3, 0.4) is 0 Å². The zero-order valence-corrected chi connectivity index (χ0v) is 17.9. The van der Waals surface area contributed by atoms with E-state index in [1.165, 1.54) is 38.6 Å². The summed E-state index contributed by atoms with van der Waals surface area (Å²) in [4.78, 5) is 24.8. The highest BCUT2D eigenvalue weighted by atomic mass is 19.4. The highest BCUT2D eigenvalue weighted by Gasteiger charge is 2.30. The molecule has 0 saturated heterocycles. The quantitative estimate of drug-likeness (QED) is 0.408. The number of halogens is 6. The number of H-pyrrole nitrogens is 1. The van der Waals surface area contributed by atoms with Crippen LogP contribution >= 0.6 is 0 Å². The average Bonchev–Trinajstić information content (AvgIpc) is 2.77. The van der Waals surface area contributed by atoms with Gasteiger partial charge in [-0.05, 0) is 40.6 Å². The van der Waals surface area contributed by atoms with Gasteiger partial charge in [-0.3, -0.25) is 9.59 Å². The van der Waals surface area contributed by atoms with Crippen LogP contribution in [0.25, 0.3) is 10.8 Å². The van der Waals surface area contributed by atoms with Gasteiger partial charge >= 0.3 is 12.4 Å². The van der Waals surface area contributed by atoms with Crippen molar-refractivity contribution in [3.05, 3.63) is 81.8 Å². The highest BCUT2D eigenvalue weighted by Crippen LogP contribution is 2.31. The second-order valence-electron chi connectivity index (χ2n) is 6.85. The number of methoxy groups -OCH3 is 2. The number of alkyl halides is 6. The van der Waals surface area contributed by atoms with Gasteiger partial charge in [-0.15, -0.1) is 0 Å². The number of rotatable bonds is 5. The number of fused-ring (bicyclic) bond motifs is 1. The molecule has 12 heteroatoms. The Morgan fingerprint density at radius 1 is 0.882 bits per heavy atom. The smallest absolute Gasteiger partial charge is 0.348 e. The number of aromatic amines is 1. The standard InChI is InChI=1S/C12H14F3NO3.C10H6F3NO/c1-18-11(19-2)10(17)16-7-8-3-5-9(6-4-8)12(13,14)15;11-10(12,13)8-2-1-6-5-14-9(15)4-7(6)3-8/h3-6,11H,7H2,1-2H3,(H,16,17);1-5H,(H,14,15). The van der Waals surface area contributed by atoms with Crippen molar-refractivity contribution in [1.29, 1.82) is 0 Å². The van der Waals surface area contributed by atoms with Gasteiger partial charge in [0.05, 0.1) is 11.1 Å². The van der Waals surface area contributed by atoms with Gasteiger partial charge in [0.1, 0.15) is 0 Å². The van der Waals surface area contributed by atoms with E-state index in [9.17, 15) is 35.9 Å². The highest BCUT2D eigenvalue weighted by molar-refractivity contribution is 5.82. The van der Waals surface area contributed by atoms with Crippen LogP contribution in [0, 0.1) is 0 Å². The fourth-order valence-electron chi connectivity index (χ4n) is 2.73. The monoisotopic (exact) mass is 490 g/mol. The Morgan fingerprint density at radius 2 is 1.44 bits per heavy atom. The van der Waals surface area contributed by atoms with E-state index in [0.717, 1.165) is 30.3 Å². The van der Waals surface area contributed by atoms with Gasteiger partial charge < -0.3 is 19.8 Å². The van der Waals surface area contributed by atoms with E-state index in [0.29, 0.717) is 10.9 Å². The minimum Gasteiger partial charge on any atom is -0.348 e. The zero-order chi connectivity index (χ0) is 25.5. The van der Waals surface area contributed by atoms with Crippen LogP contribution in [-0.4, -0.2) is 31.4 Å². The summed E-state index contributed by atoms with van der Waals surface area (Å²) in [5.74, 6) is -0.495. The van der Waals surface area contributed by atoms with Crippen molar-refractivity contribution in [3.63, 3.8) is 0 Å². The fourth-order valence-corrected chi connectivity index (χ4v) is 2.73. The molecule has 0 unspecified atom stereocenters. The number of pyridine rings is 1. The first-order valence-electron chi connectivity index (χ1n) is 9.54. The van der Waals surface area contributed by atoms with Crippen LogP contribution in [-0.2, 0) is 33.2 Å². The molecule has 3 rings (SSSR count). The van der Waals surface area contributed by atoms with Gasteiger partial charge in [0.15, 0.2) is 0 Å². The maximum absolute atomic E-state index is 12.3. The second kappa shape index (κ2) is 11.2. The van der Waals surface area contributed by atoms with Gasteiger partial charge in [0.2, 0.25) is 11.8 Å². The maximum atomic E-state index is 12.3. The first-order valence-corrected chi connectivity index (χ1v) is 9.54. The first-order chi connectivity index (χ1) is 15.8. The van der Waals surface area contributed by atoms with E-state index in [1.54, 1.807) is 0 Å². The number of amides is 1. The number of carbonyl (C=O) groups is 1. The third-order valence-corrected chi connectivity index (χ3v) is 4.46. The molecule has 0 aliphatic heterocycles. The number of aromatic nitrogens is 1. The molecule has 0 fully saturated rings. The lowest BCUT2D eigenvalue weighted by molar-refractivity contribution is -0.159. The molecule has 2 aromatic carbocycles. The van der Waals surface area contributed by atoms with E-state index >= 15 is 0 Å². The van der Waals surface area contributed by atoms with Gasteiger partial charge in [-0.25, -0.2) is 0 Å². The molecule has 0 aliphatic carbocycles. The fraction of sp³-hybridized carbons (Fsp3) is 0.273. The normalized spacial score (nSPS) is 11.8. The Hall–Kier alpha value is -3.38. The van der Waals surface area contributed by atoms with Crippen molar-refractivity contribution in [1.82, 2.24) is 10.3 Å². The van der Waals surface area contributed by atoms with Crippen molar-refractivity contribution in [2.75, 3.05) is 14.2 Å². The van der Waals surface area contributed by atoms with Crippen LogP contribution in [0.5, 0.6) is 0 Å². The Kier molecular flexibility index (Phi) is 8.82. The molecular weight excluding hydrogens is 470 g/mol. The van der Waals surface area contributed by atoms with Crippen molar-refractivity contribution in [2.45, 2.75) is 25.2 Å². The SMILES string of the molecule is COC(OC)C(=O)NCc1ccc(C(F)(F)F)cc1.O=c1cc2cc(C(F)(F)F)ccc2c[nH]1. The number of ether oxygens (including phenoxy) is 2. The third kappa shape index (κ3) is 7.59. The first kappa shape index (κ1) is 26.9. The lowest BCUT2D eigenvalue weighted by Crippen LogP contribution is -2.36. The lowest BCUT2D eigenvalue weighted by Gasteiger charge is -2.13. The molecule has 0 saturated carbocycles. The van der Waals surface area contributed by atoms with E-state index in [-0.39, 0.29) is 11.9 Å².